The SMILES string of the molecule is CCCCCCCCCCCCCCCCCCCCCC[n+]1ccccc1.Cc1c(C(=O)O)cccc1C(=O)O. The summed E-state index contributed by atoms with van der Waals surface area (Å²) in [7, 11) is 0. The van der Waals surface area contributed by atoms with Crippen LogP contribution in [-0.2, 0) is 6.54 Å². The Morgan fingerprint density at radius 2 is 0.878 bits per heavy atom. The molecule has 2 rings (SSSR count). The largest absolute Gasteiger partial charge is 0.478 e. The molecule has 1 heterocycles. The number of benzene rings is 1. The summed E-state index contributed by atoms with van der Waals surface area (Å²) in [5.41, 5.74) is 0.335. The van der Waals surface area contributed by atoms with Gasteiger partial charge in [0.05, 0.1) is 11.1 Å². The zero-order valence-electron chi connectivity index (χ0n) is 26.1. The van der Waals surface area contributed by atoms with Gasteiger partial charge in [-0.1, -0.05) is 135 Å². The van der Waals surface area contributed by atoms with E-state index in [-0.39, 0.29) is 16.7 Å². The van der Waals surface area contributed by atoms with E-state index >= 15 is 0 Å². The van der Waals surface area contributed by atoms with Crippen LogP contribution in [-0.4, -0.2) is 22.2 Å². The number of aryl methyl sites for hydroxylation is 1. The summed E-state index contributed by atoms with van der Waals surface area (Å²) >= 11 is 0. The molecule has 0 amide bonds. The number of carbonyl (C=O) groups is 2. The fourth-order valence-corrected chi connectivity index (χ4v) is 5.23. The van der Waals surface area contributed by atoms with Gasteiger partial charge >= 0.3 is 11.9 Å². The number of aromatic carboxylic acids is 2. The quantitative estimate of drug-likeness (QED) is 0.103. The molecule has 2 N–H and O–H groups in total. The van der Waals surface area contributed by atoms with Gasteiger partial charge in [-0.05, 0) is 31.0 Å². The Kier molecular flexibility index (Phi) is 22.2. The zero-order chi connectivity index (χ0) is 30.0. The molecule has 230 valence electrons. The van der Waals surface area contributed by atoms with E-state index in [2.05, 4.69) is 42.1 Å². The van der Waals surface area contributed by atoms with Crippen LogP contribution in [0.3, 0.4) is 0 Å². The van der Waals surface area contributed by atoms with Gasteiger partial charge in [-0.2, -0.15) is 0 Å². The van der Waals surface area contributed by atoms with Gasteiger partial charge in [-0.25, -0.2) is 14.2 Å². The lowest BCUT2D eigenvalue weighted by Gasteiger charge is -2.04. The average Bonchev–Trinajstić information content (AvgIpc) is 2.97. The van der Waals surface area contributed by atoms with Gasteiger partial charge in [0, 0.05) is 18.6 Å². The Balaban J connectivity index is 0.000000537. The molecule has 0 aliphatic rings. The number of carboxylic acid groups (broad SMARTS) is 2. The molecule has 0 bridgehead atoms. The Hall–Kier alpha value is -2.69. The topological polar surface area (TPSA) is 78.5 Å². The van der Waals surface area contributed by atoms with Crippen LogP contribution in [0, 0.1) is 6.92 Å². The van der Waals surface area contributed by atoms with Crippen molar-refractivity contribution in [2.45, 2.75) is 149 Å². The van der Waals surface area contributed by atoms with Crippen LogP contribution in [0.4, 0.5) is 0 Å². The van der Waals surface area contributed by atoms with Gasteiger partial charge in [-0.15, -0.1) is 0 Å². The van der Waals surface area contributed by atoms with Crippen molar-refractivity contribution in [2.24, 2.45) is 0 Å². The number of pyridine rings is 1. The second kappa shape index (κ2) is 25.1. The molecule has 0 aliphatic carbocycles. The summed E-state index contributed by atoms with van der Waals surface area (Å²) in [5.74, 6) is -2.22. The minimum atomic E-state index is -1.11. The van der Waals surface area contributed by atoms with Crippen molar-refractivity contribution >= 4 is 11.9 Å². The maximum absolute atomic E-state index is 10.6. The van der Waals surface area contributed by atoms with Crippen LogP contribution in [0.5, 0.6) is 0 Å². The fourth-order valence-electron chi connectivity index (χ4n) is 5.23. The molecule has 0 saturated carbocycles. The van der Waals surface area contributed by atoms with Gasteiger partial charge in [0.25, 0.3) is 0 Å². The van der Waals surface area contributed by atoms with Crippen LogP contribution < -0.4 is 4.57 Å². The summed E-state index contributed by atoms with van der Waals surface area (Å²) < 4.78 is 2.30. The number of aromatic nitrogens is 1. The average molecular weight is 569 g/mol. The second-order valence-electron chi connectivity index (χ2n) is 11.4. The van der Waals surface area contributed by atoms with E-state index in [4.69, 9.17) is 10.2 Å². The van der Waals surface area contributed by atoms with Crippen molar-refractivity contribution in [1.82, 2.24) is 0 Å². The molecule has 0 atom stereocenters. The third kappa shape index (κ3) is 19.1. The van der Waals surface area contributed by atoms with E-state index in [1.807, 2.05) is 0 Å². The first-order valence-electron chi connectivity index (χ1n) is 16.5. The minimum Gasteiger partial charge on any atom is -0.478 e. The third-order valence-corrected chi connectivity index (χ3v) is 7.84. The zero-order valence-corrected chi connectivity index (χ0v) is 26.1. The number of nitrogens with zero attached hydrogens (tertiary/aromatic N) is 1. The van der Waals surface area contributed by atoms with E-state index < -0.39 is 11.9 Å². The fraction of sp³-hybridized carbons (Fsp3) is 0.639. The highest BCUT2D eigenvalue weighted by Crippen LogP contribution is 2.15. The molecule has 1 aromatic heterocycles. The Bertz CT molecular complexity index is 896. The maximum atomic E-state index is 10.6. The van der Waals surface area contributed by atoms with Crippen molar-refractivity contribution < 1.29 is 24.4 Å². The number of carboxylic acids is 2. The molecule has 0 saturated heterocycles. The van der Waals surface area contributed by atoms with Crippen LogP contribution in [0.25, 0.3) is 0 Å². The molecular weight excluding hydrogens is 510 g/mol. The summed E-state index contributed by atoms with van der Waals surface area (Å²) in [4.78, 5) is 21.2. The van der Waals surface area contributed by atoms with Gasteiger partial charge in [0.15, 0.2) is 12.4 Å². The first-order valence-corrected chi connectivity index (χ1v) is 16.5. The smallest absolute Gasteiger partial charge is 0.335 e. The molecule has 2 aromatic rings. The minimum absolute atomic E-state index is 0.0277. The molecule has 41 heavy (non-hydrogen) atoms. The summed E-state index contributed by atoms with van der Waals surface area (Å²) in [6.07, 6.45) is 33.4. The molecule has 0 unspecified atom stereocenters. The van der Waals surface area contributed by atoms with E-state index in [9.17, 15) is 9.59 Å². The Labute approximate surface area is 250 Å². The lowest BCUT2D eigenvalue weighted by molar-refractivity contribution is -0.697. The highest BCUT2D eigenvalue weighted by atomic mass is 16.4. The number of hydrogen-bond donors (Lipinski definition) is 2. The van der Waals surface area contributed by atoms with Crippen molar-refractivity contribution in [3.63, 3.8) is 0 Å². The van der Waals surface area contributed by atoms with E-state index in [0.717, 1.165) is 0 Å². The molecule has 0 aliphatic heterocycles. The number of hydrogen-bond acceptors (Lipinski definition) is 2. The van der Waals surface area contributed by atoms with Gasteiger partial charge in [0.2, 0.25) is 0 Å². The predicted octanol–water partition coefficient (Wildman–Crippen LogP) is 10.2. The van der Waals surface area contributed by atoms with Crippen molar-refractivity contribution in [2.75, 3.05) is 0 Å². The van der Waals surface area contributed by atoms with Gasteiger partial charge in [0.1, 0.15) is 6.54 Å². The van der Waals surface area contributed by atoms with Crippen LogP contribution in [0.15, 0.2) is 48.8 Å². The van der Waals surface area contributed by atoms with Crippen molar-refractivity contribution in [3.8, 4) is 0 Å². The first-order chi connectivity index (χ1) is 20.0. The highest BCUT2D eigenvalue weighted by molar-refractivity contribution is 5.96. The molecule has 0 fully saturated rings. The molecule has 5 nitrogen and oxygen atoms in total. The Morgan fingerprint density at radius 1 is 0.537 bits per heavy atom. The summed E-state index contributed by atoms with van der Waals surface area (Å²) in [6.45, 7) is 4.96. The molecule has 0 spiro atoms. The molecule has 0 radical (unpaired) electrons. The van der Waals surface area contributed by atoms with Crippen molar-refractivity contribution in [1.29, 1.82) is 0 Å². The number of rotatable bonds is 23. The summed E-state index contributed by atoms with van der Waals surface area (Å²) in [5, 5.41) is 17.4. The second-order valence-corrected chi connectivity index (χ2v) is 11.4. The lowest BCUT2D eigenvalue weighted by Crippen LogP contribution is -2.32. The maximum Gasteiger partial charge on any atom is 0.335 e. The monoisotopic (exact) mass is 568 g/mol. The standard InChI is InChI=1S/C27H50N.C9H8O4/c1-2-3-4-5-6-7-8-9-10-11-12-13-14-15-16-17-18-19-20-22-25-28-26-23-21-24-27-28;1-5-6(8(10)11)3-2-4-7(5)9(12)13/h21,23-24,26-27H,2-20,22,25H2,1H3;2-4H,1H3,(H,10,11)(H,12,13)/q+1;. The molecular formula is C36H58NO4+. The molecule has 1 aromatic carbocycles. The Morgan fingerprint density at radius 3 is 1.22 bits per heavy atom. The van der Waals surface area contributed by atoms with Crippen LogP contribution in [0.2, 0.25) is 0 Å². The highest BCUT2D eigenvalue weighted by Gasteiger charge is 2.13. The van der Waals surface area contributed by atoms with E-state index in [0.29, 0.717) is 0 Å². The lowest BCUT2D eigenvalue weighted by atomic mass is 10.0. The third-order valence-electron chi connectivity index (χ3n) is 7.84. The normalized spacial score (nSPS) is 10.7. The van der Waals surface area contributed by atoms with E-state index in [1.165, 1.54) is 160 Å². The van der Waals surface area contributed by atoms with Crippen molar-refractivity contribution in [3.05, 3.63) is 65.5 Å². The van der Waals surface area contributed by atoms with Crippen LogP contribution in [0.1, 0.15) is 162 Å². The van der Waals surface area contributed by atoms with Gasteiger partial charge < -0.3 is 10.2 Å². The summed E-state index contributed by atoms with van der Waals surface area (Å²) in [6, 6.07) is 10.5. The predicted molar refractivity (Wildman–Crippen MR) is 170 cm³/mol. The van der Waals surface area contributed by atoms with E-state index in [1.54, 1.807) is 0 Å². The molecule has 5 heteroatoms. The van der Waals surface area contributed by atoms with Gasteiger partial charge in [-0.3, -0.25) is 0 Å². The number of unbranched alkanes of at least 4 members (excludes halogenated alkanes) is 19. The van der Waals surface area contributed by atoms with Crippen LogP contribution >= 0.6 is 0 Å². The first kappa shape index (κ1) is 36.3.